The van der Waals surface area contributed by atoms with Crippen molar-refractivity contribution in [3.63, 3.8) is 0 Å². The van der Waals surface area contributed by atoms with Gasteiger partial charge in [0.1, 0.15) is 18.1 Å². The Morgan fingerprint density at radius 2 is 1.55 bits per heavy atom. The minimum absolute atomic E-state index is 0.311. The highest BCUT2D eigenvalue weighted by atomic mass is 32.2. The molecule has 14 heteroatoms. The summed E-state index contributed by atoms with van der Waals surface area (Å²) >= 11 is 2.29. The first-order chi connectivity index (χ1) is 20.0. The molecule has 222 valence electrons. The van der Waals surface area contributed by atoms with Crippen molar-refractivity contribution in [1.82, 2.24) is 4.98 Å². The lowest BCUT2D eigenvalue weighted by atomic mass is 9.99. The van der Waals surface area contributed by atoms with Crippen LogP contribution in [0, 0.1) is 0 Å². The number of anilines is 1. The molecule has 0 aliphatic carbocycles. The second-order valence-electron chi connectivity index (χ2n) is 9.14. The number of nitrogens with zero attached hydrogens (tertiary/aromatic N) is 1. The summed E-state index contributed by atoms with van der Waals surface area (Å²) in [6, 6.07) is 10.7. The zero-order valence-electron chi connectivity index (χ0n) is 23.1. The van der Waals surface area contributed by atoms with Crippen LogP contribution in [0.3, 0.4) is 0 Å². The summed E-state index contributed by atoms with van der Waals surface area (Å²) in [4.78, 5) is 65.5. The number of para-hydroxylation sites is 1. The molecule has 0 bridgehead atoms. The summed E-state index contributed by atoms with van der Waals surface area (Å²) < 4.78 is 28.2. The fraction of sp³-hybridized carbons (Fsp3) is 0.357. The van der Waals surface area contributed by atoms with Gasteiger partial charge in [-0.2, -0.15) is 0 Å². The fourth-order valence-electron chi connectivity index (χ4n) is 4.34. The van der Waals surface area contributed by atoms with Crippen molar-refractivity contribution >= 4 is 69.5 Å². The van der Waals surface area contributed by atoms with E-state index in [0.29, 0.717) is 21.0 Å². The van der Waals surface area contributed by atoms with Crippen LogP contribution in [0.15, 0.2) is 52.2 Å². The Labute approximate surface area is 249 Å². The number of ether oxygens (including phenoxy) is 5. The molecule has 42 heavy (non-hydrogen) atoms. The van der Waals surface area contributed by atoms with Crippen LogP contribution >= 0.6 is 23.1 Å². The lowest BCUT2D eigenvalue weighted by molar-refractivity contribution is -0.237. The van der Waals surface area contributed by atoms with Crippen LogP contribution < -0.4 is 5.32 Å². The number of nitrogens with one attached hydrogen (secondary N) is 1. The number of fused-ring (bicyclic) bond motifs is 1. The molecule has 1 aliphatic rings. The van der Waals surface area contributed by atoms with Crippen LogP contribution in [0.2, 0.25) is 0 Å². The highest BCUT2D eigenvalue weighted by molar-refractivity contribution is 8.01. The number of carbonyl (C=O) groups excluding carboxylic acids is 5. The van der Waals surface area contributed by atoms with Crippen molar-refractivity contribution in [2.45, 2.75) is 61.8 Å². The van der Waals surface area contributed by atoms with Crippen LogP contribution in [0.1, 0.15) is 38.1 Å². The third-order valence-corrected chi connectivity index (χ3v) is 8.26. The van der Waals surface area contributed by atoms with Crippen LogP contribution in [-0.2, 0) is 42.9 Å². The smallest absolute Gasteiger partial charge is 0.303 e. The number of hydrogen-bond acceptors (Lipinski definition) is 13. The normalized spacial score (nSPS) is 21.7. The Morgan fingerprint density at radius 3 is 2.24 bits per heavy atom. The van der Waals surface area contributed by atoms with Crippen LogP contribution in [0.5, 0.6) is 0 Å². The van der Waals surface area contributed by atoms with Gasteiger partial charge in [-0.25, -0.2) is 0 Å². The lowest BCUT2D eigenvalue weighted by Crippen LogP contribution is -2.61. The second-order valence-corrected chi connectivity index (χ2v) is 11.4. The SMILES string of the molecule is CC(=O)OC[C@H]1O[C@@H](Sc2sccc2C(=O)Nc2cccc3cccnc23)[C@H](OC(C)=O)[C@@H](OC(C)=O)[C@@H]1OC(C)=O. The zero-order valence-corrected chi connectivity index (χ0v) is 24.7. The minimum Gasteiger partial charge on any atom is -0.463 e. The quantitative estimate of drug-likeness (QED) is 0.275. The van der Waals surface area contributed by atoms with Crippen molar-refractivity contribution in [3.8, 4) is 0 Å². The van der Waals surface area contributed by atoms with Gasteiger partial charge in [-0.05, 0) is 23.6 Å². The maximum absolute atomic E-state index is 13.4. The van der Waals surface area contributed by atoms with Crippen molar-refractivity contribution in [2.75, 3.05) is 11.9 Å². The van der Waals surface area contributed by atoms with Gasteiger partial charge in [0, 0.05) is 39.3 Å². The monoisotopic (exact) mass is 616 g/mol. The molecular weight excluding hydrogens is 588 g/mol. The Morgan fingerprint density at radius 1 is 0.881 bits per heavy atom. The average Bonchev–Trinajstić information content (AvgIpc) is 3.38. The van der Waals surface area contributed by atoms with E-state index in [1.807, 2.05) is 12.1 Å². The average molecular weight is 617 g/mol. The number of amides is 1. The highest BCUT2D eigenvalue weighted by Crippen LogP contribution is 2.41. The fourth-order valence-corrected chi connectivity index (χ4v) is 6.67. The maximum atomic E-state index is 13.4. The molecule has 0 spiro atoms. The van der Waals surface area contributed by atoms with Crippen LogP contribution in [0.25, 0.3) is 10.9 Å². The molecule has 0 unspecified atom stereocenters. The first kappa shape index (κ1) is 30.9. The summed E-state index contributed by atoms with van der Waals surface area (Å²) in [5.41, 5.74) is 0.394. The second kappa shape index (κ2) is 13.8. The molecule has 1 aromatic carbocycles. The summed E-state index contributed by atoms with van der Waals surface area (Å²) in [6.45, 7) is 4.32. The largest absolute Gasteiger partial charge is 0.463 e. The molecule has 5 atom stereocenters. The van der Waals surface area contributed by atoms with E-state index >= 15 is 0 Å². The Kier molecular flexibility index (Phi) is 10.1. The Bertz CT molecular complexity index is 1490. The number of thioether (sulfide) groups is 1. The predicted molar refractivity (Wildman–Crippen MR) is 152 cm³/mol. The molecule has 3 heterocycles. The standard InChI is InChI=1S/C28H28N2O10S2/c1-14(31)36-13-21-23(37-15(2)32)24(38-16(3)33)25(39-17(4)34)27(40-21)42-28-19(10-12-41-28)26(35)30-20-9-5-7-18-8-6-11-29-22(18)20/h5-12,21,23-25,27H,13H2,1-4H3,(H,30,35)/t21-,23-,24+,25-,27+/m1/s1. The number of thiophene rings is 1. The summed E-state index contributed by atoms with van der Waals surface area (Å²) in [5.74, 6) is -3.19. The molecule has 4 rings (SSSR count). The number of hydrogen-bond donors (Lipinski definition) is 1. The van der Waals surface area contributed by atoms with Gasteiger partial charge in [-0.15, -0.1) is 11.3 Å². The van der Waals surface area contributed by atoms with E-state index in [1.165, 1.54) is 25.2 Å². The topological polar surface area (TPSA) is 156 Å². The van der Waals surface area contributed by atoms with Gasteiger partial charge in [0.25, 0.3) is 5.91 Å². The zero-order chi connectivity index (χ0) is 30.4. The van der Waals surface area contributed by atoms with E-state index in [4.69, 9.17) is 23.7 Å². The van der Waals surface area contributed by atoms with Crippen LogP contribution in [0.4, 0.5) is 5.69 Å². The lowest BCUT2D eigenvalue weighted by Gasteiger charge is -2.44. The number of pyridine rings is 1. The molecule has 1 fully saturated rings. The Balaban J connectivity index is 1.65. The molecule has 0 saturated carbocycles. The highest BCUT2D eigenvalue weighted by Gasteiger charge is 2.52. The van der Waals surface area contributed by atoms with Crippen molar-refractivity contribution < 1.29 is 47.7 Å². The van der Waals surface area contributed by atoms with Crippen LogP contribution in [-0.4, -0.2) is 71.2 Å². The molecule has 3 aromatic rings. The third kappa shape index (κ3) is 7.63. The van der Waals surface area contributed by atoms with Gasteiger partial charge in [0.05, 0.1) is 21.0 Å². The van der Waals surface area contributed by atoms with E-state index in [-0.39, 0.29) is 6.61 Å². The molecule has 0 radical (unpaired) electrons. The van der Waals surface area contributed by atoms with Gasteiger partial charge >= 0.3 is 23.9 Å². The molecule has 1 aliphatic heterocycles. The van der Waals surface area contributed by atoms with E-state index in [9.17, 15) is 24.0 Å². The molecule has 12 nitrogen and oxygen atoms in total. The first-order valence-corrected chi connectivity index (χ1v) is 14.5. The molecule has 2 aromatic heterocycles. The number of rotatable bonds is 9. The van der Waals surface area contributed by atoms with E-state index in [2.05, 4.69) is 10.3 Å². The van der Waals surface area contributed by atoms with Crippen molar-refractivity contribution in [1.29, 1.82) is 0 Å². The number of aromatic nitrogens is 1. The van der Waals surface area contributed by atoms with Gasteiger partial charge in [0.2, 0.25) is 0 Å². The maximum Gasteiger partial charge on any atom is 0.303 e. The van der Waals surface area contributed by atoms with Gasteiger partial charge in [-0.3, -0.25) is 29.0 Å². The number of esters is 4. The predicted octanol–water partition coefficient (Wildman–Crippen LogP) is 3.72. The van der Waals surface area contributed by atoms with E-state index < -0.39 is 59.6 Å². The summed E-state index contributed by atoms with van der Waals surface area (Å²) in [7, 11) is 0. The third-order valence-electron chi connectivity index (χ3n) is 5.93. The van der Waals surface area contributed by atoms with Crippen molar-refractivity contribution in [2.24, 2.45) is 0 Å². The Hall–Kier alpha value is -4.01. The number of carbonyl (C=O) groups is 5. The molecule has 1 N–H and O–H groups in total. The van der Waals surface area contributed by atoms with Gasteiger partial charge in [0.15, 0.2) is 18.3 Å². The molecular formula is C28H28N2O10S2. The van der Waals surface area contributed by atoms with Crippen molar-refractivity contribution in [3.05, 3.63) is 53.5 Å². The number of benzene rings is 1. The summed E-state index contributed by atoms with van der Waals surface area (Å²) in [6.07, 6.45) is -3.29. The van der Waals surface area contributed by atoms with E-state index in [0.717, 1.165) is 31.0 Å². The molecule has 1 amide bonds. The van der Waals surface area contributed by atoms with E-state index in [1.54, 1.807) is 35.8 Å². The van der Waals surface area contributed by atoms with Gasteiger partial charge in [-0.1, -0.05) is 30.0 Å². The van der Waals surface area contributed by atoms with Gasteiger partial charge < -0.3 is 29.0 Å². The summed E-state index contributed by atoms with van der Waals surface area (Å²) in [5, 5.41) is 5.46. The first-order valence-electron chi connectivity index (χ1n) is 12.7. The minimum atomic E-state index is -1.30. The molecule has 1 saturated heterocycles.